The summed E-state index contributed by atoms with van der Waals surface area (Å²) in [5, 5.41) is 2.60. The van der Waals surface area contributed by atoms with E-state index in [2.05, 4.69) is 25.2 Å². The number of nitrogens with two attached hydrogens (primary N) is 1. The van der Waals surface area contributed by atoms with Gasteiger partial charge in [0.25, 0.3) is 0 Å². The van der Waals surface area contributed by atoms with Gasteiger partial charge in [0.05, 0.1) is 17.7 Å². The van der Waals surface area contributed by atoms with Gasteiger partial charge in [0.15, 0.2) is 5.76 Å². The van der Waals surface area contributed by atoms with Crippen molar-refractivity contribution in [2.75, 3.05) is 6.61 Å². The number of benzene rings is 1. The maximum absolute atomic E-state index is 11.8. The lowest BCUT2D eigenvalue weighted by Crippen LogP contribution is -2.98. The maximum Gasteiger partial charge on any atom is 0.338 e. The molecule has 2 unspecified atom stereocenters. The average molecular weight is 409 g/mol. The Labute approximate surface area is 179 Å². The number of hydrogen-bond acceptors (Lipinski definition) is 3. The van der Waals surface area contributed by atoms with E-state index in [-0.39, 0.29) is 5.97 Å². The van der Waals surface area contributed by atoms with Gasteiger partial charge in [-0.2, -0.15) is 0 Å². The van der Waals surface area contributed by atoms with Crippen molar-refractivity contribution < 1.29 is 19.3 Å². The summed E-state index contributed by atoms with van der Waals surface area (Å²) < 4.78 is 11.2. The SMILES string of the molecule is CCOC(=O)c1ccc(-c2ccc(C[NH2+]C34CC5C[C@@](C)(C3)C[C@](C)(C5)C4)o2)cc1. The summed E-state index contributed by atoms with van der Waals surface area (Å²) in [4.78, 5) is 11.8. The number of ether oxygens (including phenoxy) is 1. The van der Waals surface area contributed by atoms with Crippen molar-refractivity contribution in [3.63, 3.8) is 0 Å². The van der Waals surface area contributed by atoms with Gasteiger partial charge in [0.1, 0.15) is 12.3 Å². The van der Waals surface area contributed by atoms with Crippen LogP contribution in [0.25, 0.3) is 11.3 Å². The number of rotatable bonds is 6. The van der Waals surface area contributed by atoms with Crippen LogP contribution in [0.4, 0.5) is 0 Å². The lowest BCUT2D eigenvalue weighted by Gasteiger charge is -2.63. The predicted octanol–water partition coefficient (Wildman–Crippen LogP) is 4.94. The molecule has 4 fully saturated rings. The molecule has 4 aliphatic carbocycles. The van der Waals surface area contributed by atoms with Crippen LogP contribution < -0.4 is 5.32 Å². The van der Waals surface area contributed by atoms with Crippen LogP contribution in [0.2, 0.25) is 0 Å². The molecule has 4 aliphatic rings. The number of carbonyl (C=O) groups excluding carboxylic acids is 1. The highest BCUT2D eigenvalue weighted by atomic mass is 16.5. The molecule has 0 saturated heterocycles. The minimum absolute atomic E-state index is 0.281. The van der Waals surface area contributed by atoms with Gasteiger partial charge in [-0.25, -0.2) is 4.79 Å². The summed E-state index contributed by atoms with van der Waals surface area (Å²) in [5.41, 5.74) is 3.05. The molecule has 0 amide bonds. The number of hydrogen-bond donors (Lipinski definition) is 1. The molecular weight excluding hydrogens is 374 g/mol. The molecule has 2 aromatic rings. The van der Waals surface area contributed by atoms with Crippen molar-refractivity contribution in [2.45, 2.75) is 71.4 Å². The first-order chi connectivity index (χ1) is 14.3. The zero-order chi connectivity index (χ0) is 21.0. The quantitative estimate of drug-likeness (QED) is 0.689. The van der Waals surface area contributed by atoms with E-state index >= 15 is 0 Å². The first-order valence-corrected chi connectivity index (χ1v) is 11.5. The smallest absolute Gasteiger partial charge is 0.338 e. The van der Waals surface area contributed by atoms with Crippen LogP contribution in [-0.4, -0.2) is 18.1 Å². The van der Waals surface area contributed by atoms with Gasteiger partial charge in [-0.3, -0.25) is 0 Å². The fourth-order valence-corrected chi connectivity index (χ4v) is 7.71. The second kappa shape index (κ2) is 6.98. The third kappa shape index (κ3) is 3.60. The Bertz CT molecular complexity index is 925. The van der Waals surface area contributed by atoms with Crippen LogP contribution in [-0.2, 0) is 11.3 Å². The van der Waals surface area contributed by atoms with Crippen LogP contribution in [0, 0.1) is 16.7 Å². The predicted molar refractivity (Wildman–Crippen MR) is 116 cm³/mol. The van der Waals surface area contributed by atoms with E-state index in [9.17, 15) is 4.79 Å². The van der Waals surface area contributed by atoms with E-state index in [0.717, 1.165) is 29.5 Å². The van der Waals surface area contributed by atoms with Crippen LogP contribution >= 0.6 is 0 Å². The third-order valence-electron chi connectivity index (χ3n) is 7.75. The fourth-order valence-electron chi connectivity index (χ4n) is 7.71. The molecule has 4 saturated carbocycles. The fraction of sp³-hybridized carbons (Fsp3) is 0.577. The molecule has 0 radical (unpaired) electrons. The molecule has 160 valence electrons. The zero-order valence-corrected chi connectivity index (χ0v) is 18.5. The minimum Gasteiger partial charge on any atom is -0.462 e. The summed E-state index contributed by atoms with van der Waals surface area (Å²) >= 11 is 0. The van der Waals surface area contributed by atoms with E-state index in [1.54, 1.807) is 12.1 Å². The van der Waals surface area contributed by atoms with Crippen molar-refractivity contribution in [2.24, 2.45) is 16.7 Å². The minimum atomic E-state index is -0.281. The Morgan fingerprint density at radius 2 is 1.73 bits per heavy atom. The van der Waals surface area contributed by atoms with E-state index < -0.39 is 0 Å². The molecule has 4 nitrogen and oxygen atoms in total. The number of quaternary nitrogens is 1. The first kappa shape index (κ1) is 19.9. The molecule has 6 rings (SSSR count). The second-order valence-electron chi connectivity index (χ2n) is 11.0. The lowest BCUT2D eigenvalue weighted by atomic mass is 9.43. The van der Waals surface area contributed by atoms with E-state index in [1.165, 1.54) is 38.5 Å². The number of carbonyl (C=O) groups is 1. The molecule has 4 atom stereocenters. The van der Waals surface area contributed by atoms with Gasteiger partial charge in [-0.15, -0.1) is 0 Å². The van der Waals surface area contributed by atoms with Crippen molar-refractivity contribution in [1.82, 2.24) is 0 Å². The van der Waals surface area contributed by atoms with Crippen molar-refractivity contribution in [3.05, 3.63) is 47.7 Å². The van der Waals surface area contributed by atoms with Crippen molar-refractivity contribution in [3.8, 4) is 11.3 Å². The van der Waals surface area contributed by atoms with Gasteiger partial charge >= 0.3 is 5.97 Å². The number of furan rings is 1. The summed E-state index contributed by atoms with van der Waals surface area (Å²) in [5.74, 6) is 2.53. The second-order valence-corrected chi connectivity index (χ2v) is 11.0. The van der Waals surface area contributed by atoms with Crippen LogP contribution in [0.15, 0.2) is 40.8 Å². The van der Waals surface area contributed by atoms with E-state index in [4.69, 9.17) is 9.15 Å². The van der Waals surface area contributed by atoms with Crippen LogP contribution in [0.3, 0.4) is 0 Å². The Hall–Kier alpha value is -2.07. The molecule has 4 heteroatoms. The molecular formula is C26H34NO3+. The largest absolute Gasteiger partial charge is 0.462 e. The Balaban J connectivity index is 1.26. The molecule has 1 aromatic carbocycles. The summed E-state index contributed by atoms with van der Waals surface area (Å²) in [6.45, 7) is 8.17. The van der Waals surface area contributed by atoms with Gasteiger partial charge in [-0.1, -0.05) is 26.0 Å². The van der Waals surface area contributed by atoms with Crippen molar-refractivity contribution in [1.29, 1.82) is 0 Å². The highest BCUT2D eigenvalue weighted by Gasteiger charge is 2.62. The average Bonchev–Trinajstić information content (AvgIpc) is 3.13. The van der Waals surface area contributed by atoms with Crippen molar-refractivity contribution >= 4 is 5.97 Å². The third-order valence-corrected chi connectivity index (χ3v) is 7.75. The van der Waals surface area contributed by atoms with Crippen LogP contribution in [0.5, 0.6) is 0 Å². The summed E-state index contributed by atoms with van der Waals surface area (Å²) in [7, 11) is 0. The summed E-state index contributed by atoms with van der Waals surface area (Å²) in [6.07, 6.45) is 8.37. The molecule has 30 heavy (non-hydrogen) atoms. The van der Waals surface area contributed by atoms with Gasteiger partial charge in [-0.05, 0) is 67.2 Å². The monoisotopic (exact) mass is 408 g/mol. The van der Waals surface area contributed by atoms with Gasteiger partial charge < -0.3 is 14.5 Å². The maximum atomic E-state index is 11.8. The van der Waals surface area contributed by atoms with E-state index in [1.807, 2.05) is 25.1 Å². The zero-order valence-electron chi connectivity index (χ0n) is 18.5. The lowest BCUT2D eigenvalue weighted by molar-refractivity contribution is -0.757. The Morgan fingerprint density at radius 3 is 2.37 bits per heavy atom. The topological polar surface area (TPSA) is 56.0 Å². The van der Waals surface area contributed by atoms with Gasteiger partial charge in [0, 0.05) is 24.8 Å². The molecule has 1 aromatic heterocycles. The molecule has 0 aliphatic heterocycles. The highest BCUT2D eigenvalue weighted by molar-refractivity contribution is 5.89. The highest BCUT2D eigenvalue weighted by Crippen LogP contribution is 2.65. The molecule has 1 heterocycles. The normalized spacial score (nSPS) is 34.3. The standard InChI is InChI=1S/C26H33NO3/c1-4-29-23(28)20-7-5-19(6-8-20)22-10-9-21(30-22)14-27-26-13-18-11-24(2,16-26)15-25(3,12-18)17-26/h5-10,18,27H,4,11-17H2,1-3H3/p+1/t18?,24-,25+,26?. The summed E-state index contributed by atoms with van der Waals surface area (Å²) in [6, 6.07) is 11.6. The Morgan fingerprint density at radius 1 is 1.03 bits per heavy atom. The van der Waals surface area contributed by atoms with E-state index in [0.29, 0.717) is 28.5 Å². The Kier molecular flexibility index (Phi) is 4.62. The number of esters is 1. The van der Waals surface area contributed by atoms with Crippen LogP contribution in [0.1, 0.15) is 75.4 Å². The first-order valence-electron chi connectivity index (χ1n) is 11.5. The molecule has 2 N–H and O–H groups in total. The molecule has 0 spiro atoms. The van der Waals surface area contributed by atoms with Gasteiger partial charge in [0.2, 0.25) is 0 Å². The molecule has 4 bridgehead atoms.